The second-order valence-corrected chi connectivity index (χ2v) is 10.0. The molecule has 2 heterocycles. The molecule has 0 radical (unpaired) electrons. The number of hydrogen-bond acceptors (Lipinski definition) is 5. The first-order valence-electron chi connectivity index (χ1n) is 12.6. The van der Waals surface area contributed by atoms with E-state index in [9.17, 15) is 9.59 Å². The van der Waals surface area contributed by atoms with E-state index in [1.54, 1.807) is 29.2 Å². The van der Waals surface area contributed by atoms with E-state index in [0.29, 0.717) is 57.0 Å². The standard InChI is InChI=1S/C30H27Cl2NO5/c1-4-6-13-37-24-11-8-18(14-25(24)36-5-2)27-26-28(34)21-15-19(31)9-12-23(21)38-29(26)30(35)33(27)20-10-7-17(3)22(32)16-20/h7-12,14-16,27H,4-6,13H2,1-3H3. The quantitative estimate of drug-likeness (QED) is 0.209. The number of unbranched alkanes of at least 4 members (excludes halogenated alkanes) is 1. The van der Waals surface area contributed by atoms with E-state index in [2.05, 4.69) is 6.92 Å². The Morgan fingerprint density at radius 1 is 0.947 bits per heavy atom. The number of aryl methyl sites for hydroxylation is 1. The van der Waals surface area contributed by atoms with Crippen LogP contribution in [0.1, 0.15) is 60.0 Å². The van der Waals surface area contributed by atoms with E-state index < -0.39 is 11.9 Å². The summed E-state index contributed by atoms with van der Waals surface area (Å²) < 4.78 is 17.9. The summed E-state index contributed by atoms with van der Waals surface area (Å²) in [6, 6.07) is 14.9. The van der Waals surface area contributed by atoms with Crippen molar-refractivity contribution in [1.29, 1.82) is 0 Å². The highest BCUT2D eigenvalue weighted by molar-refractivity contribution is 6.32. The molecule has 0 aliphatic carbocycles. The minimum Gasteiger partial charge on any atom is -0.490 e. The number of rotatable bonds is 8. The summed E-state index contributed by atoms with van der Waals surface area (Å²) in [4.78, 5) is 29.3. The van der Waals surface area contributed by atoms with Crippen LogP contribution < -0.4 is 19.8 Å². The number of ether oxygens (including phenoxy) is 2. The van der Waals surface area contributed by atoms with Gasteiger partial charge in [0.1, 0.15) is 5.58 Å². The largest absolute Gasteiger partial charge is 0.490 e. The van der Waals surface area contributed by atoms with Gasteiger partial charge in [0.2, 0.25) is 5.76 Å². The predicted molar refractivity (Wildman–Crippen MR) is 150 cm³/mol. The summed E-state index contributed by atoms with van der Waals surface area (Å²) >= 11 is 12.7. The maximum absolute atomic E-state index is 13.9. The molecule has 5 rings (SSSR count). The average molecular weight is 552 g/mol. The van der Waals surface area contributed by atoms with Crippen molar-refractivity contribution in [3.8, 4) is 11.5 Å². The molecule has 38 heavy (non-hydrogen) atoms. The van der Waals surface area contributed by atoms with Crippen molar-refractivity contribution in [1.82, 2.24) is 0 Å². The molecule has 1 amide bonds. The second kappa shape index (κ2) is 10.7. The molecule has 0 saturated heterocycles. The minimum absolute atomic E-state index is 0.00671. The monoisotopic (exact) mass is 551 g/mol. The van der Waals surface area contributed by atoms with Crippen LogP contribution in [0.3, 0.4) is 0 Å². The Morgan fingerprint density at radius 2 is 1.76 bits per heavy atom. The van der Waals surface area contributed by atoms with Crippen molar-refractivity contribution in [2.75, 3.05) is 18.1 Å². The van der Waals surface area contributed by atoms with Crippen molar-refractivity contribution >= 4 is 45.8 Å². The molecule has 3 aromatic carbocycles. The number of carbonyl (C=O) groups excluding carboxylic acids is 1. The van der Waals surface area contributed by atoms with Crippen molar-refractivity contribution in [2.45, 2.75) is 39.7 Å². The van der Waals surface area contributed by atoms with Crippen LogP contribution in [-0.2, 0) is 0 Å². The Bertz CT molecular complexity index is 1600. The summed E-state index contributed by atoms with van der Waals surface area (Å²) in [5, 5.41) is 1.22. The van der Waals surface area contributed by atoms with Crippen LogP contribution in [0.5, 0.6) is 11.5 Å². The van der Waals surface area contributed by atoms with E-state index in [0.717, 1.165) is 18.4 Å². The first-order chi connectivity index (χ1) is 18.3. The van der Waals surface area contributed by atoms with Crippen molar-refractivity contribution in [3.05, 3.63) is 97.3 Å². The molecule has 1 aliphatic rings. The molecule has 0 spiro atoms. The maximum Gasteiger partial charge on any atom is 0.295 e. The van der Waals surface area contributed by atoms with Crippen LogP contribution in [0.15, 0.2) is 63.8 Å². The molecule has 1 atom stereocenters. The Morgan fingerprint density at radius 3 is 2.50 bits per heavy atom. The normalized spacial score (nSPS) is 14.7. The van der Waals surface area contributed by atoms with Crippen LogP contribution in [-0.4, -0.2) is 19.1 Å². The highest BCUT2D eigenvalue weighted by Gasteiger charge is 2.44. The van der Waals surface area contributed by atoms with Crippen molar-refractivity contribution in [3.63, 3.8) is 0 Å². The van der Waals surface area contributed by atoms with Crippen LogP contribution in [0.4, 0.5) is 5.69 Å². The summed E-state index contributed by atoms with van der Waals surface area (Å²) in [5.74, 6) is 0.709. The van der Waals surface area contributed by atoms with Gasteiger partial charge in [0.15, 0.2) is 16.9 Å². The van der Waals surface area contributed by atoms with Gasteiger partial charge in [-0.15, -0.1) is 0 Å². The van der Waals surface area contributed by atoms with E-state index in [4.69, 9.17) is 37.1 Å². The van der Waals surface area contributed by atoms with E-state index in [1.165, 1.54) is 0 Å². The fourth-order valence-electron chi connectivity index (χ4n) is 4.67. The van der Waals surface area contributed by atoms with Gasteiger partial charge in [0, 0.05) is 15.7 Å². The van der Waals surface area contributed by atoms with Gasteiger partial charge >= 0.3 is 0 Å². The van der Waals surface area contributed by atoms with Crippen molar-refractivity contribution < 1.29 is 18.7 Å². The molecule has 1 unspecified atom stereocenters. The first-order valence-corrected chi connectivity index (χ1v) is 13.3. The van der Waals surface area contributed by atoms with Crippen LogP contribution >= 0.6 is 23.2 Å². The van der Waals surface area contributed by atoms with Gasteiger partial charge in [-0.25, -0.2) is 0 Å². The number of benzene rings is 3. The highest BCUT2D eigenvalue weighted by atomic mass is 35.5. The number of halogens is 2. The summed E-state index contributed by atoms with van der Waals surface area (Å²) in [6.45, 7) is 6.86. The number of amides is 1. The van der Waals surface area contributed by atoms with Gasteiger partial charge in [0.05, 0.1) is 30.2 Å². The lowest BCUT2D eigenvalue weighted by Crippen LogP contribution is -2.29. The Kier molecular flexibility index (Phi) is 7.37. The van der Waals surface area contributed by atoms with Gasteiger partial charge in [-0.2, -0.15) is 0 Å². The Hall–Kier alpha value is -3.48. The zero-order chi connectivity index (χ0) is 27.0. The maximum atomic E-state index is 13.9. The molecule has 0 saturated carbocycles. The van der Waals surface area contributed by atoms with Gasteiger partial charge in [0.25, 0.3) is 5.91 Å². The fourth-order valence-corrected chi connectivity index (χ4v) is 5.01. The van der Waals surface area contributed by atoms with Crippen LogP contribution in [0, 0.1) is 6.92 Å². The summed E-state index contributed by atoms with van der Waals surface area (Å²) in [6.07, 6.45) is 1.92. The molecule has 6 nitrogen and oxygen atoms in total. The molecule has 0 bridgehead atoms. The fraction of sp³-hybridized carbons (Fsp3) is 0.267. The molecule has 1 aromatic heterocycles. The minimum atomic E-state index is -0.778. The summed E-state index contributed by atoms with van der Waals surface area (Å²) in [7, 11) is 0. The molecule has 0 N–H and O–H groups in total. The van der Waals surface area contributed by atoms with Crippen LogP contribution in [0.25, 0.3) is 11.0 Å². The lowest BCUT2D eigenvalue weighted by Gasteiger charge is -2.26. The molecular weight excluding hydrogens is 525 g/mol. The number of nitrogens with zero attached hydrogens (tertiary/aromatic N) is 1. The lowest BCUT2D eigenvalue weighted by molar-refractivity contribution is 0.0971. The molecule has 8 heteroatoms. The third-order valence-electron chi connectivity index (χ3n) is 6.60. The van der Waals surface area contributed by atoms with Gasteiger partial charge in [-0.05, 0) is 73.9 Å². The van der Waals surface area contributed by atoms with Gasteiger partial charge < -0.3 is 13.9 Å². The van der Waals surface area contributed by atoms with E-state index in [1.807, 2.05) is 44.2 Å². The SMILES string of the molecule is CCCCOc1ccc(C2c3c(oc4ccc(Cl)cc4c3=O)C(=O)N2c2ccc(C)c(Cl)c2)cc1OCC. The smallest absolute Gasteiger partial charge is 0.295 e. The lowest BCUT2D eigenvalue weighted by atomic mass is 9.97. The topological polar surface area (TPSA) is 69.0 Å². The number of anilines is 1. The Labute approximate surface area is 230 Å². The molecule has 0 fully saturated rings. The average Bonchev–Trinajstić information content (AvgIpc) is 3.19. The van der Waals surface area contributed by atoms with Crippen molar-refractivity contribution in [2.24, 2.45) is 0 Å². The molecule has 196 valence electrons. The van der Waals surface area contributed by atoms with Gasteiger partial charge in [-0.3, -0.25) is 14.5 Å². The molecule has 4 aromatic rings. The first kappa shape index (κ1) is 26.1. The zero-order valence-electron chi connectivity index (χ0n) is 21.3. The van der Waals surface area contributed by atoms with Crippen LogP contribution in [0.2, 0.25) is 10.0 Å². The summed E-state index contributed by atoms with van der Waals surface area (Å²) in [5.41, 5.74) is 2.31. The number of fused-ring (bicyclic) bond motifs is 2. The van der Waals surface area contributed by atoms with E-state index >= 15 is 0 Å². The number of hydrogen-bond donors (Lipinski definition) is 0. The highest BCUT2D eigenvalue weighted by Crippen LogP contribution is 2.44. The van der Waals surface area contributed by atoms with Gasteiger partial charge in [-0.1, -0.05) is 48.7 Å². The third-order valence-corrected chi connectivity index (χ3v) is 7.25. The third kappa shape index (κ3) is 4.63. The second-order valence-electron chi connectivity index (χ2n) is 9.17. The van der Waals surface area contributed by atoms with E-state index in [-0.39, 0.29) is 16.8 Å². The molecule has 1 aliphatic heterocycles. The predicted octanol–water partition coefficient (Wildman–Crippen LogP) is 7.74. The Balaban J connectivity index is 1.73. The number of carbonyl (C=O) groups is 1. The zero-order valence-corrected chi connectivity index (χ0v) is 22.9. The molecular formula is C30H27Cl2NO5.